The van der Waals surface area contributed by atoms with E-state index in [0.717, 1.165) is 16.5 Å². The van der Waals surface area contributed by atoms with Gasteiger partial charge in [-0.15, -0.1) is 0 Å². The molecule has 0 aliphatic rings. The summed E-state index contributed by atoms with van der Waals surface area (Å²) in [5.41, 5.74) is 2.51. The Balaban J connectivity index is 1.56. The predicted octanol–water partition coefficient (Wildman–Crippen LogP) is 4.63. The van der Waals surface area contributed by atoms with Crippen molar-refractivity contribution in [3.63, 3.8) is 0 Å². The predicted molar refractivity (Wildman–Crippen MR) is 97.6 cm³/mol. The maximum Gasteiger partial charge on any atom is 0.170 e. The molecule has 2 aromatic carbocycles. The largest absolute Gasteiger partial charge is 0.362 e. The molecule has 1 aromatic heterocycles. The van der Waals surface area contributed by atoms with E-state index in [2.05, 4.69) is 15.6 Å². The van der Waals surface area contributed by atoms with Crippen LogP contribution in [0.5, 0.6) is 0 Å². The Kier molecular flexibility index (Phi) is 4.97. The molecule has 0 spiro atoms. The normalized spacial score (nSPS) is 10.8. The quantitative estimate of drug-likeness (QED) is 0.590. The van der Waals surface area contributed by atoms with Gasteiger partial charge < -0.3 is 15.6 Å². The molecule has 1 heterocycles. The third kappa shape index (κ3) is 3.83. The number of nitrogens with one attached hydrogen (secondary N) is 3. The lowest BCUT2D eigenvalue weighted by Gasteiger charge is -2.10. The summed E-state index contributed by atoms with van der Waals surface area (Å²) in [5.74, 6) is -0.741. The van der Waals surface area contributed by atoms with E-state index in [9.17, 15) is 8.78 Å². The van der Waals surface area contributed by atoms with E-state index in [0.29, 0.717) is 23.8 Å². The molecule has 0 fully saturated rings. The Bertz CT molecular complexity index is 895. The Hall–Kier alpha value is -2.18. The molecule has 0 amide bonds. The van der Waals surface area contributed by atoms with Crippen molar-refractivity contribution in [3.8, 4) is 0 Å². The van der Waals surface area contributed by atoms with E-state index < -0.39 is 5.82 Å². The van der Waals surface area contributed by atoms with Crippen LogP contribution < -0.4 is 10.6 Å². The molecule has 0 atom stereocenters. The zero-order valence-electron chi connectivity index (χ0n) is 12.5. The number of hydrogen-bond acceptors (Lipinski definition) is 1. The van der Waals surface area contributed by atoms with Crippen LogP contribution in [0.15, 0.2) is 42.6 Å². The molecule has 3 aromatic rings. The summed E-state index contributed by atoms with van der Waals surface area (Å²) in [6.45, 7) is 0.574. The average molecular weight is 366 g/mol. The number of halogens is 3. The Morgan fingerprint density at radius 1 is 1.17 bits per heavy atom. The fourth-order valence-corrected chi connectivity index (χ4v) is 2.82. The van der Waals surface area contributed by atoms with Crippen molar-refractivity contribution in [2.45, 2.75) is 6.42 Å². The Morgan fingerprint density at radius 2 is 2.00 bits per heavy atom. The highest BCUT2D eigenvalue weighted by atomic mass is 35.5. The SMILES string of the molecule is Fc1ccc2[nH]cc(CCNC(=S)Nc3ccc(F)c(Cl)c3)c2c1. The van der Waals surface area contributed by atoms with Crippen LogP contribution >= 0.6 is 23.8 Å². The molecule has 3 N–H and O–H groups in total. The van der Waals surface area contributed by atoms with Crippen molar-refractivity contribution in [2.24, 2.45) is 0 Å². The molecule has 3 nitrogen and oxygen atoms in total. The van der Waals surface area contributed by atoms with Gasteiger partial charge in [-0.05, 0) is 60.6 Å². The highest BCUT2D eigenvalue weighted by molar-refractivity contribution is 7.80. The van der Waals surface area contributed by atoms with Gasteiger partial charge >= 0.3 is 0 Å². The van der Waals surface area contributed by atoms with Crippen LogP contribution in [0, 0.1) is 11.6 Å². The Morgan fingerprint density at radius 3 is 2.79 bits per heavy atom. The van der Waals surface area contributed by atoms with E-state index in [-0.39, 0.29) is 10.8 Å². The van der Waals surface area contributed by atoms with Gasteiger partial charge in [-0.25, -0.2) is 8.78 Å². The zero-order valence-corrected chi connectivity index (χ0v) is 14.1. The van der Waals surface area contributed by atoms with E-state index in [1.807, 2.05) is 6.20 Å². The van der Waals surface area contributed by atoms with Gasteiger partial charge in [0.15, 0.2) is 5.11 Å². The van der Waals surface area contributed by atoms with E-state index in [4.69, 9.17) is 23.8 Å². The van der Waals surface area contributed by atoms with Gasteiger partial charge in [0, 0.05) is 29.3 Å². The summed E-state index contributed by atoms with van der Waals surface area (Å²) in [6.07, 6.45) is 2.54. The first-order valence-corrected chi connectivity index (χ1v) is 8.07. The van der Waals surface area contributed by atoms with E-state index in [1.54, 1.807) is 12.1 Å². The first kappa shape index (κ1) is 16.7. The minimum Gasteiger partial charge on any atom is -0.362 e. The summed E-state index contributed by atoms with van der Waals surface area (Å²) in [4.78, 5) is 3.11. The number of rotatable bonds is 4. The topological polar surface area (TPSA) is 39.9 Å². The molecule has 0 saturated carbocycles. The molecule has 0 aliphatic heterocycles. The van der Waals surface area contributed by atoms with Crippen LogP contribution in [0.1, 0.15) is 5.56 Å². The fourth-order valence-electron chi connectivity index (χ4n) is 2.42. The second kappa shape index (κ2) is 7.15. The first-order valence-electron chi connectivity index (χ1n) is 7.28. The highest BCUT2D eigenvalue weighted by Crippen LogP contribution is 2.20. The molecule has 124 valence electrons. The summed E-state index contributed by atoms with van der Waals surface area (Å²) in [5, 5.41) is 7.30. The van der Waals surface area contributed by atoms with Crippen LogP contribution in [0.3, 0.4) is 0 Å². The molecule has 7 heteroatoms. The lowest BCUT2D eigenvalue weighted by atomic mass is 10.1. The van der Waals surface area contributed by atoms with Crippen molar-refractivity contribution in [1.82, 2.24) is 10.3 Å². The molecule has 3 rings (SSSR count). The number of anilines is 1. The lowest BCUT2D eigenvalue weighted by molar-refractivity contribution is 0.628. The van der Waals surface area contributed by atoms with Gasteiger partial charge in [-0.1, -0.05) is 11.6 Å². The molecular formula is C17H14ClF2N3S. The zero-order chi connectivity index (χ0) is 17.1. The molecule has 24 heavy (non-hydrogen) atoms. The fraction of sp³-hybridized carbons (Fsp3) is 0.118. The van der Waals surface area contributed by atoms with Gasteiger partial charge in [0.2, 0.25) is 0 Å². The summed E-state index contributed by atoms with van der Waals surface area (Å²) >= 11 is 10.9. The number of H-pyrrole nitrogens is 1. The third-order valence-electron chi connectivity index (χ3n) is 3.59. The minimum absolute atomic E-state index is 0.0311. The monoisotopic (exact) mass is 365 g/mol. The molecule has 0 unspecified atom stereocenters. The number of benzene rings is 2. The second-order valence-electron chi connectivity index (χ2n) is 5.26. The van der Waals surface area contributed by atoms with Crippen molar-refractivity contribution >= 4 is 45.5 Å². The number of hydrogen-bond donors (Lipinski definition) is 3. The van der Waals surface area contributed by atoms with Crippen LogP contribution in [0.4, 0.5) is 14.5 Å². The van der Waals surface area contributed by atoms with Gasteiger partial charge in [-0.2, -0.15) is 0 Å². The van der Waals surface area contributed by atoms with Gasteiger partial charge in [0.1, 0.15) is 11.6 Å². The number of thiocarbonyl (C=S) groups is 1. The third-order valence-corrected chi connectivity index (χ3v) is 4.12. The molecule has 0 aliphatic carbocycles. The molecular weight excluding hydrogens is 352 g/mol. The number of fused-ring (bicyclic) bond motifs is 1. The van der Waals surface area contributed by atoms with Crippen LogP contribution in [0.25, 0.3) is 10.9 Å². The standard InChI is InChI=1S/C17H14ClF2N3S/c18-14-8-12(2-3-15(14)20)23-17(24)21-6-5-10-9-22-16-4-1-11(19)7-13(10)16/h1-4,7-9,22H,5-6H2,(H2,21,23,24). The van der Waals surface area contributed by atoms with Crippen molar-refractivity contribution in [1.29, 1.82) is 0 Å². The minimum atomic E-state index is -0.479. The summed E-state index contributed by atoms with van der Waals surface area (Å²) in [7, 11) is 0. The lowest BCUT2D eigenvalue weighted by Crippen LogP contribution is -2.30. The highest BCUT2D eigenvalue weighted by Gasteiger charge is 2.06. The maximum atomic E-state index is 13.4. The summed E-state index contributed by atoms with van der Waals surface area (Å²) in [6, 6.07) is 8.94. The number of aromatic amines is 1. The molecule has 0 radical (unpaired) electrons. The van der Waals surface area contributed by atoms with Crippen LogP contribution in [-0.2, 0) is 6.42 Å². The smallest absolute Gasteiger partial charge is 0.170 e. The van der Waals surface area contributed by atoms with Crippen molar-refractivity contribution in [2.75, 3.05) is 11.9 Å². The Labute approximate surface area is 148 Å². The number of aromatic nitrogens is 1. The second-order valence-corrected chi connectivity index (χ2v) is 6.08. The van der Waals surface area contributed by atoms with E-state index in [1.165, 1.54) is 24.3 Å². The van der Waals surface area contributed by atoms with Crippen LogP contribution in [0.2, 0.25) is 5.02 Å². The first-order chi connectivity index (χ1) is 11.5. The van der Waals surface area contributed by atoms with Crippen molar-refractivity contribution in [3.05, 3.63) is 64.8 Å². The van der Waals surface area contributed by atoms with Gasteiger partial charge in [0.05, 0.1) is 5.02 Å². The van der Waals surface area contributed by atoms with Crippen molar-refractivity contribution < 1.29 is 8.78 Å². The average Bonchev–Trinajstić information content (AvgIpc) is 2.93. The summed E-state index contributed by atoms with van der Waals surface area (Å²) < 4.78 is 26.5. The van der Waals surface area contributed by atoms with Crippen LogP contribution in [-0.4, -0.2) is 16.6 Å². The van der Waals surface area contributed by atoms with Gasteiger partial charge in [0.25, 0.3) is 0 Å². The maximum absolute atomic E-state index is 13.4. The van der Waals surface area contributed by atoms with E-state index >= 15 is 0 Å². The molecule has 0 bridgehead atoms. The molecule has 0 saturated heterocycles. The van der Waals surface area contributed by atoms with Gasteiger partial charge in [-0.3, -0.25) is 0 Å².